The van der Waals surface area contributed by atoms with Crippen molar-refractivity contribution in [2.75, 3.05) is 13.2 Å². The molecule has 0 N–H and O–H groups in total. The van der Waals surface area contributed by atoms with Crippen molar-refractivity contribution in [3.63, 3.8) is 0 Å². The fraction of sp³-hybridized carbons (Fsp3) is 0.462. The average Bonchev–Trinajstić information content (AvgIpc) is 3.04. The Bertz CT molecular complexity index is 544. The van der Waals surface area contributed by atoms with Gasteiger partial charge in [-0.15, -0.1) is 0 Å². The number of hydrogen-bond donors (Lipinski definition) is 0. The number of non-ortho nitro benzene ring substituents is 1. The molecule has 0 aliphatic carbocycles. The van der Waals surface area contributed by atoms with Crippen LogP contribution in [-0.4, -0.2) is 42.6 Å². The zero-order chi connectivity index (χ0) is 14.8. The Morgan fingerprint density at radius 1 is 1.29 bits per heavy atom. The van der Waals surface area contributed by atoms with E-state index in [9.17, 15) is 14.9 Å². The summed E-state index contributed by atoms with van der Waals surface area (Å²) in [6, 6.07) is 5.16. The van der Waals surface area contributed by atoms with Gasteiger partial charge in [-0.1, -0.05) is 0 Å². The van der Waals surface area contributed by atoms with Gasteiger partial charge in [-0.3, -0.25) is 10.1 Å². The summed E-state index contributed by atoms with van der Waals surface area (Å²) in [5, 5.41) is 10.5. The number of carbonyl (C=O) groups excluding carboxylic acids is 1. The minimum atomic E-state index is -0.881. The third-order valence-corrected chi connectivity index (χ3v) is 3.42. The molecule has 0 radical (unpaired) electrons. The Balaban J connectivity index is 1.55. The van der Waals surface area contributed by atoms with Gasteiger partial charge in [0.05, 0.1) is 17.6 Å². The van der Waals surface area contributed by atoms with Crippen LogP contribution in [0.1, 0.15) is 6.42 Å². The first-order chi connectivity index (χ1) is 10.1. The van der Waals surface area contributed by atoms with Gasteiger partial charge in [0.1, 0.15) is 11.9 Å². The lowest BCUT2D eigenvalue weighted by atomic mass is 10.1. The fourth-order valence-corrected chi connectivity index (χ4v) is 2.41. The highest BCUT2D eigenvalue weighted by molar-refractivity contribution is 5.64. The van der Waals surface area contributed by atoms with E-state index in [1.54, 1.807) is 0 Å². The van der Waals surface area contributed by atoms with Gasteiger partial charge >= 0.3 is 6.16 Å². The minimum Gasteiger partial charge on any atom is -0.425 e. The lowest BCUT2D eigenvalue weighted by Crippen LogP contribution is -2.33. The van der Waals surface area contributed by atoms with Crippen LogP contribution in [0.25, 0.3) is 0 Å². The van der Waals surface area contributed by atoms with Crippen molar-refractivity contribution in [3.8, 4) is 5.75 Å². The summed E-state index contributed by atoms with van der Waals surface area (Å²) in [5.74, 6) is 0.174. The first-order valence-electron chi connectivity index (χ1n) is 6.49. The van der Waals surface area contributed by atoms with Crippen molar-refractivity contribution < 1.29 is 28.7 Å². The predicted octanol–water partition coefficient (Wildman–Crippen LogP) is 1.67. The molecule has 3 unspecified atom stereocenters. The van der Waals surface area contributed by atoms with Crippen LogP contribution in [0.3, 0.4) is 0 Å². The third-order valence-electron chi connectivity index (χ3n) is 3.42. The fourth-order valence-electron chi connectivity index (χ4n) is 2.41. The van der Waals surface area contributed by atoms with Crippen LogP contribution in [-0.2, 0) is 14.2 Å². The molecule has 0 bridgehead atoms. The Morgan fingerprint density at radius 3 is 2.76 bits per heavy atom. The molecule has 0 aromatic heterocycles. The molecule has 1 aromatic carbocycles. The second kappa shape index (κ2) is 5.66. The van der Waals surface area contributed by atoms with Crippen molar-refractivity contribution in [2.24, 2.45) is 0 Å². The maximum Gasteiger partial charge on any atom is 0.514 e. The molecule has 21 heavy (non-hydrogen) atoms. The summed E-state index contributed by atoms with van der Waals surface area (Å²) in [5.41, 5.74) is -0.0814. The standard InChI is InChI=1S/C13H13NO7/c15-13(20-9-3-1-8(2-4-9)14(16)17)21-11-7-19-10-5-6-18-12(10)11/h1-4,10-12H,5-7H2. The summed E-state index contributed by atoms with van der Waals surface area (Å²) in [6.07, 6.45) is -0.838. The Morgan fingerprint density at radius 2 is 2.05 bits per heavy atom. The number of nitrogens with zero attached hydrogens (tertiary/aromatic N) is 1. The molecular weight excluding hydrogens is 282 g/mol. The zero-order valence-electron chi connectivity index (χ0n) is 11.0. The van der Waals surface area contributed by atoms with Gasteiger partial charge in [0, 0.05) is 18.7 Å². The highest BCUT2D eigenvalue weighted by Crippen LogP contribution is 2.28. The summed E-state index contributed by atoms with van der Waals surface area (Å²) < 4.78 is 21.0. The summed E-state index contributed by atoms with van der Waals surface area (Å²) in [6.45, 7) is 0.872. The van der Waals surface area contributed by atoms with Crippen molar-refractivity contribution in [3.05, 3.63) is 34.4 Å². The third kappa shape index (κ3) is 2.96. The highest BCUT2D eigenvalue weighted by atomic mass is 16.7. The molecule has 2 heterocycles. The molecular formula is C13H13NO7. The molecule has 3 atom stereocenters. The van der Waals surface area contributed by atoms with Gasteiger partial charge in [0.25, 0.3) is 5.69 Å². The van der Waals surface area contributed by atoms with E-state index in [1.807, 2.05) is 0 Å². The quantitative estimate of drug-likeness (QED) is 0.362. The zero-order valence-corrected chi connectivity index (χ0v) is 11.0. The Kier molecular flexibility index (Phi) is 3.72. The number of nitro benzene ring substituents is 1. The molecule has 2 aliphatic heterocycles. The highest BCUT2D eigenvalue weighted by Gasteiger charge is 2.44. The van der Waals surface area contributed by atoms with Crippen LogP contribution in [0.5, 0.6) is 5.75 Å². The largest absolute Gasteiger partial charge is 0.514 e. The molecule has 2 saturated heterocycles. The lowest BCUT2D eigenvalue weighted by Gasteiger charge is -2.16. The van der Waals surface area contributed by atoms with E-state index in [-0.39, 0.29) is 30.3 Å². The molecule has 2 fully saturated rings. The van der Waals surface area contributed by atoms with E-state index in [4.69, 9.17) is 18.9 Å². The molecule has 8 nitrogen and oxygen atoms in total. The van der Waals surface area contributed by atoms with E-state index in [0.29, 0.717) is 6.61 Å². The molecule has 0 amide bonds. The predicted molar refractivity (Wildman–Crippen MR) is 68.1 cm³/mol. The van der Waals surface area contributed by atoms with Crippen molar-refractivity contribution in [2.45, 2.75) is 24.7 Å². The monoisotopic (exact) mass is 295 g/mol. The minimum absolute atomic E-state index is 0.0258. The van der Waals surface area contributed by atoms with Crippen molar-refractivity contribution >= 4 is 11.8 Å². The van der Waals surface area contributed by atoms with Crippen LogP contribution in [0, 0.1) is 10.1 Å². The Labute approximate surface area is 119 Å². The molecule has 0 saturated carbocycles. The molecule has 0 spiro atoms. The van der Waals surface area contributed by atoms with Crippen LogP contribution < -0.4 is 4.74 Å². The number of benzene rings is 1. The molecule has 8 heteroatoms. The van der Waals surface area contributed by atoms with Gasteiger partial charge in [0.2, 0.25) is 0 Å². The van der Waals surface area contributed by atoms with E-state index in [1.165, 1.54) is 24.3 Å². The van der Waals surface area contributed by atoms with Crippen LogP contribution in [0.4, 0.5) is 10.5 Å². The smallest absolute Gasteiger partial charge is 0.425 e. The normalized spacial score (nSPS) is 27.1. The topological polar surface area (TPSA) is 97.1 Å². The van der Waals surface area contributed by atoms with Crippen molar-refractivity contribution in [1.29, 1.82) is 0 Å². The first-order valence-corrected chi connectivity index (χ1v) is 6.49. The second-order valence-electron chi connectivity index (χ2n) is 4.76. The summed E-state index contributed by atoms with van der Waals surface area (Å²) in [7, 11) is 0. The molecule has 3 rings (SSSR count). The van der Waals surface area contributed by atoms with Gasteiger partial charge in [-0.25, -0.2) is 4.79 Å². The number of nitro groups is 1. The number of carbonyl (C=O) groups is 1. The summed E-state index contributed by atoms with van der Waals surface area (Å²) >= 11 is 0. The van der Waals surface area contributed by atoms with Crippen LogP contribution in [0.15, 0.2) is 24.3 Å². The number of ether oxygens (including phenoxy) is 4. The van der Waals surface area contributed by atoms with Gasteiger partial charge in [0.15, 0.2) is 6.10 Å². The Hall–Kier alpha value is -2.19. The van der Waals surface area contributed by atoms with Gasteiger partial charge < -0.3 is 18.9 Å². The number of rotatable bonds is 3. The van der Waals surface area contributed by atoms with E-state index < -0.39 is 17.2 Å². The van der Waals surface area contributed by atoms with Gasteiger partial charge in [-0.2, -0.15) is 0 Å². The van der Waals surface area contributed by atoms with E-state index >= 15 is 0 Å². The summed E-state index contributed by atoms with van der Waals surface area (Å²) in [4.78, 5) is 21.7. The van der Waals surface area contributed by atoms with E-state index in [2.05, 4.69) is 0 Å². The van der Waals surface area contributed by atoms with Gasteiger partial charge in [-0.05, 0) is 18.6 Å². The molecule has 2 aliphatic rings. The van der Waals surface area contributed by atoms with E-state index in [0.717, 1.165) is 6.42 Å². The molecule has 112 valence electrons. The van der Waals surface area contributed by atoms with Crippen LogP contribution >= 0.6 is 0 Å². The second-order valence-corrected chi connectivity index (χ2v) is 4.76. The maximum atomic E-state index is 11.7. The number of fused-ring (bicyclic) bond motifs is 1. The van der Waals surface area contributed by atoms with Crippen molar-refractivity contribution in [1.82, 2.24) is 0 Å². The SMILES string of the molecule is O=C(Oc1ccc([N+](=O)[O-])cc1)OC1COC2CCOC21. The molecule has 1 aromatic rings. The first kappa shape index (κ1) is 13.8. The lowest BCUT2D eigenvalue weighted by molar-refractivity contribution is -0.384. The maximum absolute atomic E-state index is 11.7. The average molecular weight is 295 g/mol. The van der Waals surface area contributed by atoms with Crippen LogP contribution in [0.2, 0.25) is 0 Å². The number of hydrogen-bond acceptors (Lipinski definition) is 7.